The number of azide groups is 1. The average Bonchev–Trinajstić information content (AvgIpc) is 3.14. The van der Waals surface area contributed by atoms with Crippen molar-refractivity contribution in [2.45, 2.75) is 51.0 Å². The molecule has 0 heterocycles. The van der Waals surface area contributed by atoms with E-state index in [4.69, 9.17) is 5.73 Å². The third-order valence-corrected chi connectivity index (χ3v) is 9.17. The number of aliphatic hydroxyl groups excluding tert-OH is 2. The van der Waals surface area contributed by atoms with Crippen LogP contribution in [0.5, 0.6) is 0 Å². The van der Waals surface area contributed by atoms with Crippen molar-refractivity contribution in [3.8, 4) is 0 Å². The molecule has 6 heteroatoms. The zero-order valence-electron chi connectivity index (χ0n) is 29.0. The Labute approximate surface area is 295 Å². The normalized spacial score (nSPS) is 12.5. The Hall–Kier alpha value is -5.49. The molecular formula is C44H44N4O2. The van der Waals surface area contributed by atoms with Crippen molar-refractivity contribution in [2.24, 2.45) is 10.8 Å². The molecule has 0 saturated carbocycles. The number of aliphatic hydroxyl groups is 2. The molecule has 252 valence electrons. The third-order valence-electron chi connectivity index (χ3n) is 9.17. The molecule has 0 aliphatic carbocycles. The fraction of sp³-hybridized carbons (Fsp3) is 0.182. The van der Waals surface area contributed by atoms with Crippen LogP contribution in [-0.2, 0) is 11.1 Å². The van der Waals surface area contributed by atoms with Gasteiger partial charge in [-0.15, -0.1) is 0 Å². The lowest BCUT2D eigenvalue weighted by atomic mass is 9.76. The predicted octanol–water partition coefficient (Wildman–Crippen LogP) is 9.83. The minimum Gasteiger partial charge on any atom is -0.387 e. The lowest BCUT2D eigenvalue weighted by Crippen LogP contribution is -2.44. The molecule has 0 aliphatic heterocycles. The minimum absolute atomic E-state index is 0.697. The first kappa shape index (κ1) is 35.8. The summed E-state index contributed by atoms with van der Waals surface area (Å²) >= 11 is 0. The van der Waals surface area contributed by atoms with Gasteiger partial charge in [-0.2, -0.15) is 0 Å². The monoisotopic (exact) mass is 660 g/mol. The lowest BCUT2D eigenvalue weighted by molar-refractivity contribution is 0.105. The third kappa shape index (κ3) is 7.55. The fourth-order valence-corrected chi connectivity index (χ4v) is 6.55. The molecule has 0 spiro atoms. The summed E-state index contributed by atoms with van der Waals surface area (Å²) in [5, 5.41) is 26.8. The highest BCUT2D eigenvalue weighted by molar-refractivity contribution is 5.46. The maximum absolute atomic E-state index is 11.4. The van der Waals surface area contributed by atoms with Crippen LogP contribution in [0.25, 0.3) is 10.4 Å². The van der Waals surface area contributed by atoms with Gasteiger partial charge in [-0.25, -0.2) is 0 Å². The number of nitrogens with zero attached hydrogens (tertiary/aromatic N) is 3. The van der Waals surface area contributed by atoms with E-state index in [1.165, 1.54) is 0 Å². The van der Waals surface area contributed by atoms with Crippen LogP contribution in [-0.4, -0.2) is 10.2 Å². The van der Waals surface area contributed by atoms with Gasteiger partial charge in [-0.1, -0.05) is 185 Å². The van der Waals surface area contributed by atoms with Gasteiger partial charge in [-0.3, -0.25) is 0 Å². The first-order valence-corrected chi connectivity index (χ1v) is 16.7. The van der Waals surface area contributed by atoms with Gasteiger partial charge in [0.2, 0.25) is 0 Å². The van der Waals surface area contributed by atoms with E-state index in [2.05, 4.69) is 22.2 Å². The zero-order valence-corrected chi connectivity index (χ0v) is 29.0. The smallest absolute Gasteiger partial charge is 0.129 e. The molecule has 2 atom stereocenters. The number of hydrogen-bond donors (Lipinski definition) is 3. The molecule has 6 nitrogen and oxygen atoms in total. The van der Waals surface area contributed by atoms with Crippen LogP contribution in [0.4, 0.5) is 0 Å². The Morgan fingerprint density at radius 2 is 0.840 bits per heavy atom. The molecule has 0 saturated heterocycles. The molecule has 6 aromatic carbocycles. The number of nitrogens with two attached hydrogens (primary N) is 1. The van der Waals surface area contributed by atoms with E-state index in [9.17, 15) is 15.7 Å². The van der Waals surface area contributed by atoms with Crippen LogP contribution in [0.2, 0.25) is 0 Å². The van der Waals surface area contributed by atoms with Crippen LogP contribution in [0.1, 0.15) is 67.8 Å². The summed E-state index contributed by atoms with van der Waals surface area (Å²) in [6, 6.07) is 50.6. The van der Waals surface area contributed by atoms with E-state index in [1.807, 2.05) is 173 Å². The molecular weight excluding hydrogens is 617 g/mol. The molecule has 50 heavy (non-hydrogen) atoms. The summed E-state index contributed by atoms with van der Waals surface area (Å²) in [5.74, 6) is 0. The molecule has 0 amide bonds. The Bertz CT molecular complexity index is 1980. The maximum Gasteiger partial charge on any atom is 0.129 e. The van der Waals surface area contributed by atoms with Crippen LogP contribution in [0.3, 0.4) is 0 Å². The van der Waals surface area contributed by atoms with Crippen molar-refractivity contribution in [3.05, 3.63) is 224 Å². The molecule has 6 aromatic rings. The average molecular weight is 661 g/mol. The van der Waals surface area contributed by atoms with Gasteiger partial charge in [-0.05, 0) is 66.6 Å². The molecule has 0 radical (unpaired) electrons. The number of rotatable bonds is 9. The van der Waals surface area contributed by atoms with Gasteiger partial charge in [0.1, 0.15) is 11.6 Å². The highest BCUT2D eigenvalue weighted by Gasteiger charge is 2.42. The number of aryl methyl sites for hydroxylation is 4. The van der Waals surface area contributed by atoms with Crippen molar-refractivity contribution in [1.82, 2.24) is 0 Å². The van der Waals surface area contributed by atoms with E-state index < -0.39 is 23.3 Å². The summed E-state index contributed by atoms with van der Waals surface area (Å²) in [6.45, 7) is 8.04. The summed E-state index contributed by atoms with van der Waals surface area (Å²) < 4.78 is 0. The molecule has 0 unspecified atom stereocenters. The van der Waals surface area contributed by atoms with Crippen molar-refractivity contribution in [3.63, 3.8) is 0 Å². The topological polar surface area (TPSA) is 115 Å². The molecule has 6 rings (SSSR count). The number of hydrogen-bond acceptors (Lipinski definition) is 4. The largest absolute Gasteiger partial charge is 0.387 e. The summed E-state index contributed by atoms with van der Waals surface area (Å²) in [7, 11) is 0. The van der Waals surface area contributed by atoms with Crippen LogP contribution in [0, 0.1) is 27.7 Å². The van der Waals surface area contributed by atoms with Crippen molar-refractivity contribution >= 4 is 0 Å². The van der Waals surface area contributed by atoms with Gasteiger partial charge >= 0.3 is 0 Å². The predicted molar refractivity (Wildman–Crippen MR) is 202 cm³/mol. The van der Waals surface area contributed by atoms with E-state index in [-0.39, 0.29) is 0 Å². The first-order valence-electron chi connectivity index (χ1n) is 16.7. The SMILES string of the molecule is Cc1cccc(C(N)(c2cccc(C)c2)[C@@H](O)c2ccccc2)c1.Cc1cccc(C(N=[N+]=[N-])(c2cccc(C)c2)[C@@H](O)c2ccccc2)c1. The van der Waals surface area contributed by atoms with Crippen molar-refractivity contribution in [1.29, 1.82) is 0 Å². The summed E-state index contributed by atoms with van der Waals surface area (Å²) in [6.07, 6.45) is -1.87. The Morgan fingerprint density at radius 3 is 1.20 bits per heavy atom. The Morgan fingerprint density at radius 1 is 0.500 bits per heavy atom. The quantitative estimate of drug-likeness (QED) is 0.0814. The Balaban J connectivity index is 0.000000195. The fourth-order valence-electron chi connectivity index (χ4n) is 6.55. The number of benzene rings is 6. The summed E-state index contributed by atoms with van der Waals surface area (Å²) in [5.41, 5.74) is 23.2. The molecule has 4 N–H and O–H groups in total. The molecule has 0 bridgehead atoms. The van der Waals surface area contributed by atoms with Gasteiger partial charge < -0.3 is 15.9 Å². The van der Waals surface area contributed by atoms with Crippen molar-refractivity contribution in [2.75, 3.05) is 0 Å². The van der Waals surface area contributed by atoms with E-state index in [0.29, 0.717) is 5.56 Å². The second kappa shape index (κ2) is 15.8. The second-order valence-electron chi connectivity index (χ2n) is 12.9. The Kier molecular flexibility index (Phi) is 11.3. The van der Waals surface area contributed by atoms with E-state index >= 15 is 0 Å². The van der Waals surface area contributed by atoms with E-state index in [1.54, 1.807) is 0 Å². The minimum atomic E-state index is -1.26. The van der Waals surface area contributed by atoms with Gasteiger partial charge in [0.05, 0.1) is 11.6 Å². The maximum atomic E-state index is 11.4. The second-order valence-corrected chi connectivity index (χ2v) is 12.9. The first-order chi connectivity index (χ1) is 24.1. The van der Waals surface area contributed by atoms with Crippen LogP contribution >= 0.6 is 0 Å². The highest BCUT2D eigenvalue weighted by Crippen LogP contribution is 2.45. The van der Waals surface area contributed by atoms with Gasteiger partial charge in [0, 0.05) is 4.91 Å². The molecule has 0 aromatic heterocycles. The lowest BCUT2D eigenvalue weighted by Gasteiger charge is -2.36. The van der Waals surface area contributed by atoms with Crippen molar-refractivity contribution < 1.29 is 10.2 Å². The summed E-state index contributed by atoms with van der Waals surface area (Å²) in [4.78, 5) is 3.13. The van der Waals surface area contributed by atoms with Gasteiger partial charge in [0.15, 0.2) is 0 Å². The van der Waals surface area contributed by atoms with Gasteiger partial charge in [0.25, 0.3) is 0 Å². The van der Waals surface area contributed by atoms with Crippen LogP contribution in [0.15, 0.2) is 163 Å². The highest BCUT2D eigenvalue weighted by atomic mass is 16.3. The molecule has 0 fully saturated rings. The van der Waals surface area contributed by atoms with E-state index in [0.717, 1.165) is 50.1 Å². The molecule has 0 aliphatic rings. The van der Waals surface area contributed by atoms with Crippen LogP contribution < -0.4 is 5.73 Å². The zero-order chi connectivity index (χ0) is 35.7. The standard InChI is InChI=1S/C22H21N3O.C22H23NO/c1-16-8-6-12-19(14-16)22(24-25-23,20-13-7-9-17(2)15-20)21(26)18-10-4-3-5-11-18;1-16-8-6-12-19(14-16)22(23,20-13-7-9-17(2)15-20)21(24)18-10-4-3-5-11-18/h3-15,21,26H,1-2H3;3-15,21,24H,23H2,1-2H3/t2*21-/m00/s1.